The first-order chi connectivity index (χ1) is 16.8. The van der Waals surface area contributed by atoms with Crippen LogP contribution in [0.1, 0.15) is 11.1 Å². The number of hydrogen-bond acceptors (Lipinski definition) is 3. The fourth-order valence-corrected chi connectivity index (χ4v) is 6.05. The Morgan fingerprint density at radius 3 is 1.77 bits per heavy atom. The van der Waals surface area contributed by atoms with Gasteiger partial charge in [0.2, 0.25) is 0 Å². The molecule has 0 fully saturated rings. The fraction of sp³-hybridized carbons (Fsp3) is 0.172. The van der Waals surface area contributed by atoms with E-state index in [0.717, 1.165) is 32.9 Å². The van der Waals surface area contributed by atoms with E-state index in [1.807, 2.05) is 62.4 Å². The minimum atomic E-state index is -3.88. The number of aromatic nitrogens is 1. The molecule has 178 valence electrons. The predicted molar refractivity (Wildman–Crippen MR) is 142 cm³/mol. The Bertz CT molecular complexity index is 1530. The first-order valence-electron chi connectivity index (χ1n) is 11.6. The number of aryl methyl sites for hydroxylation is 2. The lowest BCUT2D eigenvalue weighted by Crippen LogP contribution is -2.39. The molecule has 5 nitrogen and oxygen atoms in total. The quantitative estimate of drug-likeness (QED) is 0.324. The fourth-order valence-electron chi connectivity index (χ4n) is 4.55. The van der Waals surface area contributed by atoms with E-state index in [1.54, 1.807) is 36.4 Å². The zero-order valence-electron chi connectivity index (χ0n) is 19.8. The molecule has 1 aromatic heterocycles. The summed E-state index contributed by atoms with van der Waals surface area (Å²) in [5.41, 5.74) is 4.56. The summed E-state index contributed by atoms with van der Waals surface area (Å²) in [6, 6.07) is 30.3. The average molecular weight is 485 g/mol. The maximum atomic E-state index is 13.7. The summed E-state index contributed by atoms with van der Waals surface area (Å²) in [6.45, 7) is 4.07. The molecule has 1 N–H and O–H groups in total. The van der Waals surface area contributed by atoms with Gasteiger partial charge >= 0.3 is 0 Å². The van der Waals surface area contributed by atoms with Gasteiger partial charge in [-0.2, -0.15) is 0 Å². The molecular formula is C29H28N2O3S. The van der Waals surface area contributed by atoms with Gasteiger partial charge < -0.3 is 9.67 Å². The van der Waals surface area contributed by atoms with Gasteiger partial charge in [0.1, 0.15) is 0 Å². The summed E-state index contributed by atoms with van der Waals surface area (Å²) in [7, 11) is -3.88. The number of aliphatic hydroxyl groups excluding tert-OH is 1. The number of para-hydroxylation sites is 2. The lowest BCUT2D eigenvalue weighted by atomic mass is 10.2. The zero-order valence-corrected chi connectivity index (χ0v) is 20.6. The van der Waals surface area contributed by atoms with E-state index < -0.39 is 16.1 Å². The molecule has 4 aromatic carbocycles. The summed E-state index contributed by atoms with van der Waals surface area (Å²) in [4.78, 5) is 0.202. The van der Waals surface area contributed by atoms with Crippen molar-refractivity contribution in [3.05, 3.63) is 108 Å². The molecule has 0 bridgehead atoms. The molecule has 35 heavy (non-hydrogen) atoms. The molecule has 5 rings (SSSR count). The molecule has 0 saturated heterocycles. The number of aliphatic hydroxyl groups is 1. The van der Waals surface area contributed by atoms with Gasteiger partial charge in [-0.3, -0.25) is 4.31 Å². The van der Waals surface area contributed by atoms with Crippen LogP contribution in [-0.4, -0.2) is 30.7 Å². The minimum Gasteiger partial charge on any atom is -0.389 e. The summed E-state index contributed by atoms with van der Waals surface area (Å²) < 4.78 is 30.8. The van der Waals surface area contributed by atoms with Crippen LogP contribution in [0.2, 0.25) is 0 Å². The topological polar surface area (TPSA) is 62.5 Å². The SMILES string of the molecule is Cc1ccc(N(CC(O)Cn2c3ccccc3c3ccccc32)S(=O)(=O)c2ccc(C)cc2)cc1. The van der Waals surface area contributed by atoms with Crippen molar-refractivity contribution in [1.82, 2.24) is 4.57 Å². The van der Waals surface area contributed by atoms with Gasteiger partial charge in [-0.15, -0.1) is 0 Å². The Hall–Kier alpha value is -3.61. The van der Waals surface area contributed by atoms with Crippen LogP contribution in [0.25, 0.3) is 21.8 Å². The van der Waals surface area contributed by atoms with Crippen LogP contribution >= 0.6 is 0 Å². The van der Waals surface area contributed by atoms with E-state index in [2.05, 4.69) is 16.7 Å². The molecule has 0 amide bonds. The highest BCUT2D eigenvalue weighted by Crippen LogP contribution is 2.30. The zero-order chi connectivity index (χ0) is 24.6. The molecule has 0 radical (unpaired) electrons. The van der Waals surface area contributed by atoms with Crippen molar-refractivity contribution in [2.75, 3.05) is 10.8 Å². The molecule has 1 atom stereocenters. The molecular weight excluding hydrogens is 456 g/mol. The monoisotopic (exact) mass is 484 g/mol. The smallest absolute Gasteiger partial charge is 0.264 e. The lowest BCUT2D eigenvalue weighted by molar-refractivity contribution is 0.166. The number of anilines is 1. The lowest BCUT2D eigenvalue weighted by Gasteiger charge is -2.27. The molecule has 0 aliphatic rings. The van der Waals surface area contributed by atoms with Gasteiger partial charge in [0.05, 0.1) is 29.8 Å². The Labute approximate surface area is 205 Å². The van der Waals surface area contributed by atoms with Crippen LogP contribution in [0.4, 0.5) is 5.69 Å². The van der Waals surface area contributed by atoms with E-state index in [1.165, 1.54) is 4.31 Å². The van der Waals surface area contributed by atoms with Crippen LogP contribution in [0.15, 0.2) is 102 Å². The van der Waals surface area contributed by atoms with E-state index in [-0.39, 0.29) is 18.0 Å². The van der Waals surface area contributed by atoms with Crippen molar-refractivity contribution in [1.29, 1.82) is 0 Å². The number of benzene rings is 4. The van der Waals surface area contributed by atoms with Crippen molar-refractivity contribution >= 4 is 37.5 Å². The number of hydrogen-bond donors (Lipinski definition) is 1. The molecule has 0 spiro atoms. The highest BCUT2D eigenvalue weighted by atomic mass is 32.2. The Morgan fingerprint density at radius 1 is 0.743 bits per heavy atom. The van der Waals surface area contributed by atoms with Gasteiger partial charge in [0, 0.05) is 21.8 Å². The molecule has 1 heterocycles. The second-order valence-electron chi connectivity index (χ2n) is 8.98. The average Bonchev–Trinajstić information content (AvgIpc) is 3.17. The summed E-state index contributed by atoms with van der Waals surface area (Å²) in [6.07, 6.45) is -0.935. The standard InChI is InChI=1S/C29H28N2O3S/c1-21-11-15-23(16-12-21)31(35(33,34)25-17-13-22(2)14-18-25)20-24(32)19-30-28-9-5-3-7-26(28)27-8-4-6-10-29(27)30/h3-18,24,32H,19-20H2,1-2H3. The third kappa shape index (κ3) is 4.43. The van der Waals surface area contributed by atoms with E-state index in [4.69, 9.17) is 0 Å². The van der Waals surface area contributed by atoms with Crippen molar-refractivity contribution < 1.29 is 13.5 Å². The third-order valence-corrected chi connectivity index (χ3v) is 8.19. The summed E-state index contributed by atoms with van der Waals surface area (Å²) >= 11 is 0. The highest BCUT2D eigenvalue weighted by molar-refractivity contribution is 7.92. The van der Waals surface area contributed by atoms with Crippen LogP contribution in [0.5, 0.6) is 0 Å². The molecule has 0 aliphatic heterocycles. The number of sulfonamides is 1. The Balaban J connectivity index is 1.53. The van der Waals surface area contributed by atoms with Gasteiger partial charge in [-0.05, 0) is 50.2 Å². The first-order valence-corrected chi connectivity index (χ1v) is 13.1. The normalized spacial score (nSPS) is 12.8. The predicted octanol–water partition coefficient (Wildman–Crippen LogP) is 5.67. The van der Waals surface area contributed by atoms with Gasteiger partial charge in [-0.25, -0.2) is 8.42 Å². The van der Waals surface area contributed by atoms with Crippen LogP contribution in [0, 0.1) is 13.8 Å². The van der Waals surface area contributed by atoms with Crippen LogP contribution < -0.4 is 4.31 Å². The third-order valence-electron chi connectivity index (χ3n) is 6.38. The van der Waals surface area contributed by atoms with Crippen molar-refractivity contribution in [2.45, 2.75) is 31.4 Å². The van der Waals surface area contributed by atoms with Crippen LogP contribution in [0.3, 0.4) is 0 Å². The number of rotatable bonds is 7. The van der Waals surface area contributed by atoms with E-state index in [0.29, 0.717) is 5.69 Å². The largest absolute Gasteiger partial charge is 0.389 e. The van der Waals surface area contributed by atoms with Gasteiger partial charge in [0.15, 0.2) is 0 Å². The maximum absolute atomic E-state index is 13.7. The van der Waals surface area contributed by atoms with Crippen molar-refractivity contribution in [3.8, 4) is 0 Å². The Kier molecular flexibility index (Phi) is 6.09. The summed E-state index contributed by atoms with van der Waals surface area (Å²) in [5, 5.41) is 13.5. The number of nitrogens with zero attached hydrogens (tertiary/aromatic N) is 2. The van der Waals surface area contributed by atoms with Crippen molar-refractivity contribution in [2.24, 2.45) is 0 Å². The van der Waals surface area contributed by atoms with Crippen LogP contribution in [-0.2, 0) is 16.6 Å². The maximum Gasteiger partial charge on any atom is 0.264 e. The Morgan fingerprint density at radius 2 is 1.23 bits per heavy atom. The van der Waals surface area contributed by atoms with E-state index >= 15 is 0 Å². The summed E-state index contributed by atoms with van der Waals surface area (Å²) in [5.74, 6) is 0. The molecule has 5 aromatic rings. The minimum absolute atomic E-state index is 0.0693. The molecule has 0 saturated carbocycles. The number of fused-ring (bicyclic) bond motifs is 3. The van der Waals surface area contributed by atoms with E-state index in [9.17, 15) is 13.5 Å². The second kappa shape index (κ2) is 9.21. The molecule has 0 aliphatic carbocycles. The first kappa shape index (κ1) is 23.1. The molecule has 1 unspecified atom stereocenters. The molecule has 6 heteroatoms. The second-order valence-corrected chi connectivity index (χ2v) is 10.8. The van der Waals surface area contributed by atoms with Crippen molar-refractivity contribution in [3.63, 3.8) is 0 Å². The van der Waals surface area contributed by atoms with Gasteiger partial charge in [-0.1, -0.05) is 71.8 Å². The van der Waals surface area contributed by atoms with Gasteiger partial charge in [0.25, 0.3) is 10.0 Å². The highest BCUT2D eigenvalue weighted by Gasteiger charge is 2.28.